The Bertz CT molecular complexity index is 2250. The van der Waals surface area contributed by atoms with Crippen molar-refractivity contribution < 1.29 is 24.2 Å². The molecule has 4 aromatic rings. The van der Waals surface area contributed by atoms with E-state index in [9.17, 15) is 19.5 Å². The average Bonchev–Trinajstić information content (AvgIpc) is 3.57. The number of para-hydroxylation sites is 1. The van der Waals surface area contributed by atoms with Gasteiger partial charge in [-0.2, -0.15) is 10.1 Å². The van der Waals surface area contributed by atoms with Crippen LogP contribution in [0.1, 0.15) is 49.8 Å². The number of ether oxygens (including phenoxy) is 1. The van der Waals surface area contributed by atoms with Gasteiger partial charge in [-0.1, -0.05) is 23.7 Å². The van der Waals surface area contributed by atoms with Gasteiger partial charge in [-0.3, -0.25) is 29.3 Å². The van der Waals surface area contributed by atoms with Gasteiger partial charge in [0.2, 0.25) is 17.8 Å². The molecule has 17 heteroatoms. The Kier molecular flexibility index (Phi) is 11.2. The number of imide groups is 1. The number of halogens is 1. The Morgan fingerprint density at radius 3 is 2.55 bits per heavy atom. The Morgan fingerprint density at radius 2 is 1.81 bits per heavy atom. The highest BCUT2D eigenvalue weighted by Gasteiger charge is 2.34. The molecule has 4 aliphatic rings. The number of fused-ring (bicyclic) bond motifs is 2. The van der Waals surface area contributed by atoms with Crippen LogP contribution in [0.15, 0.2) is 48.4 Å². The van der Waals surface area contributed by atoms with Crippen LogP contribution in [0.4, 0.5) is 28.8 Å². The molecule has 0 spiro atoms. The second-order valence-corrected chi connectivity index (χ2v) is 15.9. The quantitative estimate of drug-likeness (QED) is 0.172. The van der Waals surface area contributed by atoms with Gasteiger partial charge in [-0.05, 0) is 62.4 Å². The lowest BCUT2D eigenvalue weighted by Crippen LogP contribution is -2.53. The number of piperidine rings is 2. The predicted molar refractivity (Wildman–Crippen MR) is 223 cm³/mol. The molecule has 58 heavy (non-hydrogen) atoms. The number of likely N-dealkylation sites (N-methyl/N-ethyl adjacent to an activating group) is 2. The summed E-state index contributed by atoms with van der Waals surface area (Å²) in [5, 5.41) is 25.3. The summed E-state index contributed by atoms with van der Waals surface area (Å²) in [5.41, 5.74) is 5.26. The number of rotatable bonds is 10. The van der Waals surface area contributed by atoms with Crippen LogP contribution in [-0.2, 0) is 26.2 Å². The largest absolute Gasteiger partial charge is 0.483 e. The Balaban J connectivity index is 0.874. The molecule has 3 saturated heterocycles. The number of carbonyl (C=O) groups is 3. The number of hydrogen-bond acceptors (Lipinski definition) is 13. The highest BCUT2D eigenvalue weighted by molar-refractivity contribution is 6.33. The zero-order chi connectivity index (χ0) is 40.7. The van der Waals surface area contributed by atoms with Crippen LogP contribution in [-0.4, -0.2) is 120 Å². The molecule has 2 aromatic heterocycles. The van der Waals surface area contributed by atoms with Crippen LogP contribution < -0.4 is 30.7 Å². The number of aryl methyl sites for hydroxylation is 1. The van der Waals surface area contributed by atoms with Crippen LogP contribution in [0, 0.1) is 5.92 Å². The number of nitrogens with zero attached hydrogens (tertiary/aromatic N) is 8. The minimum Gasteiger partial charge on any atom is -0.483 e. The Hall–Kier alpha value is -5.45. The topological polar surface area (TPSA) is 173 Å². The zero-order valence-corrected chi connectivity index (χ0v) is 34.0. The van der Waals surface area contributed by atoms with Crippen molar-refractivity contribution >= 4 is 75.1 Å². The summed E-state index contributed by atoms with van der Waals surface area (Å²) in [6, 6.07) is 12.4. The number of aliphatic hydroxyl groups excluding tert-OH is 1. The van der Waals surface area contributed by atoms with E-state index in [0.717, 1.165) is 91.3 Å². The molecule has 16 nitrogen and oxygen atoms in total. The summed E-state index contributed by atoms with van der Waals surface area (Å²) in [4.78, 5) is 54.6. The molecular weight excluding hydrogens is 762 g/mol. The lowest BCUT2D eigenvalue weighted by atomic mass is 9.88. The highest BCUT2D eigenvalue weighted by atomic mass is 35.5. The van der Waals surface area contributed by atoms with Crippen LogP contribution in [0.5, 0.6) is 0 Å². The molecule has 6 heterocycles. The number of nitrogens with one attached hydrogen (secondary N) is 3. The molecule has 0 saturated carbocycles. The molecule has 8 rings (SSSR count). The van der Waals surface area contributed by atoms with Gasteiger partial charge < -0.3 is 35.2 Å². The highest BCUT2D eigenvalue weighted by Crippen LogP contribution is 2.38. The van der Waals surface area contributed by atoms with E-state index in [-0.39, 0.29) is 30.1 Å². The van der Waals surface area contributed by atoms with Crippen molar-refractivity contribution in [3.8, 4) is 0 Å². The van der Waals surface area contributed by atoms with E-state index in [4.69, 9.17) is 26.4 Å². The molecule has 4 N–H and O–H groups in total. The second kappa shape index (κ2) is 16.4. The number of aliphatic hydroxyl groups is 1. The first-order valence-electron chi connectivity index (χ1n) is 19.9. The van der Waals surface area contributed by atoms with E-state index in [2.05, 4.69) is 48.6 Å². The fourth-order valence-corrected chi connectivity index (χ4v) is 8.89. The third kappa shape index (κ3) is 7.75. The summed E-state index contributed by atoms with van der Waals surface area (Å²) in [7, 11) is 5.23. The standard InChI is InChI=1S/C41H50ClN11O5/c1-24(25-12-14-52(15-13-25)32-7-5-6-28-36(48-50(4)37(28)32)29-9-11-34(54)46-39(29)56)51-16-18-53(19-17-51)41-44-22-30(42)38(47-41)45-27-8-10-31-26(20-27)21-33(40(57)49(31)3)58-23-35(55)43-2/h5-8,10,20-22,24-25,29,40,57H,9,11-19,23H2,1-4H3,(H,43,55)(H,44,45,47)(H,46,54,56). The molecule has 4 aliphatic heterocycles. The van der Waals surface area contributed by atoms with Crippen LogP contribution in [0.25, 0.3) is 17.0 Å². The van der Waals surface area contributed by atoms with E-state index in [1.165, 1.54) is 7.05 Å². The van der Waals surface area contributed by atoms with Crippen LogP contribution in [0.3, 0.4) is 0 Å². The van der Waals surface area contributed by atoms with Crippen molar-refractivity contribution in [2.24, 2.45) is 13.0 Å². The fourth-order valence-electron chi connectivity index (χ4n) is 8.75. The minimum atomic E-state index is -1.02. The molecule has 0 radical (unpaired) electrons. The average molecular weight is 812 g/mol. The number of hydrogen-bond donors (Lipinski definition) is 4. The van der Waals surface area contributed by atoms with Gasteiger partial charge in [0.05, 0.1) is 29.0 Å². The maximum Gasteiger partial charge on any atom is 0.257 e. The third-order valence-electron chi connectivity index (χ3n) is 12.1. The van der Waals surface area contributed by atoms with Gasteiger partial charge >= 0.3 is 0 Å². The van der Waals surface area contributed by atoms with Crippen molar-refractivity contribution in [3.63, 3.8) is 0 Å². The monoisotopic (exact) mass is 811 g/mol. The third-order valence-corrected chi connectivity index (χ3v) is 12.4. The SMILES string of the molecule is CNC(=O)COC1=Cc2cc(Nc3nc(N4CCN(C(C)C5CCN(c6cccc7c(C8CCC(=O)NC8=O)nn(C)c67)CC5)CC4)ncc3Cl)ccc2N(C)C1O. The number of amides is 3. The van der Waals surface area contributed by atoms with E-state index in [1.54, 1.807) is 24.2 Å². The molecular formula is C41H50ClN11O5. The summed E-state index contributed by atoms with van der Waals surface area (Å²) >= 11 is 6.60. The Labute approximate surface area is 342 Å². The van der Waals surface area contributed by atoms with Crippen molar-refractivity contribution in [3.05, 3.63) is 64.6 Å². The van der Waals surface area contributed by atoms with Crippen LogP contribution in [0.2, 0.25) is 5.02 Å². The molecule has 3 unspecified atom stereocenters. The van der Waals surface area contributed by atoms with Crippen LogP contribution >= 0.6 is 11.6 Å². The summed E-state index contributed by atoms with van der Waals surface area (Å²) in [6.07, 6.45) is 5.29. The number of piperazine rings is 1. The molecule has 0 aliphatic carbocycles. The summed E-state index contributed by atoms with van der Waals surface area (Å²) in [5.74, 6) is 0.741. The maximum absolute atomic E-state index is 12.7. The first-order valence-corrected chi connectivity index (χ1v) is 20.3. The number of carbonyl (C=O) groups excluding carboxylic acids is 3. The fraction of sp³-hybridized carbons (Fsp3) is 0.463. The first-order chi connectivity index (χ1) is 28.0. The van der Waals surface area contributed by atoms with E-state index < -0.39 is 12.1 Å². The minimum absolute atomic E-state index is 0.199. The van der Waals surface area contributed by atoms with Gasteiger partial charge in [0, 0.05) is 95.2 Å². The summed E-state index contributed by atoms with van der Waals surface area (Å²) < 4.78 is 7.51. The normalized spacial score (nSPS) is 21.1. The van der Waals surface area contributed by atoms with Gasteiger partial charge in [0.25, 0.3) is 5.91 Å². The zero-order valence-electron chi connectivity index (χ0n) is 33.2. The first kappa shape index (κ1) is 39.4. The van der Waals surface area contributed by atoms with Gasteiger partial charge in [0.15, 0.2) is 18.7 Å². The number of aromatic nitrogens is 4. The predicted octanol–water partition coefficient (Wildman–Crippen LogP) is 3.58. The number of anilines is 5. The van der Waals surface area contributed by atoms with Gasteiger partial charge in [-0.25, -0.2) is 4.98 Å². The smallest absolute Gasteiger partial charge is 0.257 e. The van der Waals surface area contributed by atoms with Crippen molar-refractivity contribution in [2.45, 2.75) is 50.8 Å². The molecule has 3 atom stereocenters. The molecule has 3 amide bonds. The maximum atomic E-state index is 12.7. The lowest BCUT2D eigenvalue weighted by molar-refractivity contribution is -0.134. The van der Waals surface area contributed by atoms with Gasteiger partial charge in [-0.15, -0.1) is 0 Å². The Morgan fingerprint density at radius 1 is 1.03 bits per heavy atom. The molecule has 306 valence electrons. The van der Waals surface area contributed by atoms with Crippen molar-refractivity contribution in [1.29, 1.82) is 0 Å². The molecule has 2 aromatic carbocycles. The van der Waals surface area contributed by atoms with E-state index in [0.29, 0.717) is 41.6 Å². The van der Waals surface area contributed by atoms with Gasteiger partial charge in [0.1, 0.15) is 10.8 Å². The van der Waals surface area contributed by atoms with Crippen molar-refractivity contribution in [1.82, 2.24) is 35.3 Å². The summed E-state index contributed by atoms with van der Waals surface area (Å²) in [6.45, 7) is 7.41. The van der Waals surface area contributed by atoms with E-state index >= 15 is 0 Å². The molecule has 0 bridgehead atoms. The number of benzene rings is 2. The molecule has 3 fully saturated rings. The lowest BCUT2D eigenvalue weighted by Gasteiger charge is -2.43. The second-order valence-electron chi connectivity index (χ2n) is 15.5. The van der Waals surface area contributed by atoms with Crippen molar-refractivity contribution in [2.75, 3.05) is 80.0 Å². The van der Waals surface area contributed by atoms with E-state index in [1.807, 2.05) is 42.1 Å².